The van der Waals surface area contributed by atoms with Crippen molar-refractivity contribution in [1.82, 2.24) is 9.97 Å². The largest absolute Gasteiger partial charge is 0.368 e. The maximum absolute atomic E-state index is 5.92. The average Bonchev–Trinajstić information content (AvgIpc) is 2.37. The molecule has 5 heteroatoms. The van der Waals surface area contributed by atoms with E-state index in [4.69, 9.17) is 17.3 Å². The summed E-state index contributed by atoms with van der Waals surface area (Å²) in [4.78, 5) is 8.11. The van der Waals surface area contributed by atoms with Gasteiger partial charge in [0, 0.05) is 11.6 Å². The molecule has 0 aliphatic heterocycles. The zero-order valence-electron chi connectivity index (χ0n) is 9.88. The van der Waals surface area contributed by atoms with Gasteiger partial charge in [-0.05, 0) is 10.8 Å². The maximum atomic E-state index is 5.92. The summed E-state index contributed by atoms with van der Waals surface area (Å²) in [5.74, 6) is 0.186. The van der Waals surface area contributed by atoms with Crippen molar-refractivity contribution in [2.24, 2.45) is 0 Å². The predicted octanol–water partition coefficient (Wildman–Crippen LogP) is 3.95. The summed E-state index contributed by atoms with van der Waals surface area (Å²) in [6.07, 6.45) is 0. The topological polar surface area (TPSA) is 51.8 Å². The first-order valence-electron chi connectivity index (χ1n) is 5.52. The standard InChI is InChI=1S/C14H10ClN3.ClH/c15-13-8-12(17-14(16)18-13)11-7-3-5-9-4-1-2-6-10(9)11;/h1-8H,(H2,16,17,18);1H. The molecular formula is C14H11Cl2N3. The maximum Gasteiger partial charge on any atom is 0.221 e. The first-order chi connectivity index (χ1) is 8.74. The Morgan fingerprint density at radius 2 is 1.68 bits per heavy atom. The third-order valence-electron chi connectivity index (χ3n) is 2.78. The first kappa shape index (κ1) is 13.6. The molecule has 0 atom stereocenters. The number of anilines is 1. The van der Waals surface area contributed by atoms with Gasteiger partial charge in [-0.3, -0.25) is 0 Å². The van der Waals surface area contributed by atoms with Crippen molar-refractivity contribution in [2.75, 3.05) is 5.73 Å². The Hall–Kier alpha value is -1.84. The lowest BCUT2D eigenvalue weighted by molar-refractivity contribution is 1.19. The van der Waals surface area contributed by atoms with Crippen LogP contribution < -0.4 is 5.73 Å². The van der Waals surface area contributed by atoms with Gasteiger partial charge in [0.2, 0.25) is 5.95 Å². The molecule has 0 spiro atoms. The van der Waals surface area contributed by atoms with E-state index in [0.717, 1.165) is 22.0 Å². The highest BCUT2D eigenvalue weighted by Crippen LogP contribution is 2.28. The normalized spacial score (nSPS) is 10.2. The van der Waals surface area contributed by atoms with Crippen molar-refractivity contribution < 1.29 is 0 Å². The van der Waals surface area contributed by atoms with Crippen molar-refractivity contribution in [3.8, 4) is 11.3 Å². The van der Waals surface area contributed by atoms with Crippen LogP contribution in [0.15, 0.2) is 48.5 Å². The molecule has 2 N–H and O–H groups in total. The van der Waals surface area contributed by atoms with Gasteiger partial charge in [-0.2, -0.15) is 0 Å². The van der Waals surface area contributed by atoms with Crippen molar-refractivity contribution in [3.63, 3.8) is 0 Å². The molecule has 0 saturated carbocycles. The second-order valence-corrected chi connectivity index (χ2v) is 4.35. The summed E-state index contributed by atoms with van der Waals surface area (Å²) in [7, 11) is 0. The molecule has 0 bridgehead atoms. The molecule has 0 unspecified atom stereocenters. The third kappa shape index (κ3) is 2.62. The quantitative estimate of drug-likeness (QED) is 0.691. The van der Waals surface area contributed by atoms with Gasteiger partial charge in [-0.25, -0.2) is 9.97 Å². The summed E-state index contributed by atoms with van der Waals surface area (Å²) in [6.45, 7) is 0. The SMILES string of the molecule is Cl.Nc1nc(Cl)cc(-c2cccc3ccccc23)n1. The fourth-order valence-electron chi connectivity index (χ4n) is 2.02. The van der Waals surface area contributed by atoms with Crippen LogP contribution in [0.3, 0.4) is 0 Å². The number of aromatic nitrogens is 2. The minimum atomic E-state index is 0. The van der Waals surface area contributed by atoms with E-state index >= 15 is 0 Å². The van der Waals surface area contributed by atoms with Crippen LogP contribution in [0.5, 0.6) is 0 Å². The summed E-state index contributed by atoms with van der Waals surface area (Å²) in [5.41, 5.74) is 7.38. The van der Waals surface area contributed by atoms with E-state index in [1.807, 2.05) is 24.3 Å². The Labute approximate surface area is 121 Å². The van der Waals surface area contributed by atoms with Gasteiger partial charge in [-0.1, -0.05) is 54.1 Å². The van der Waals surface area contributed by atoms with Gasteiger partial charge >= 0.3 is 0 Å². The van der Waals surface area contributed by atoms with E-state index in [-0.39, 0.29) is 18.4 Å². The van der Waals surface area contributed by atoms with Crippen LogP contribution in [-0.2, 0) is 0 Å². The predicted molar refractivity (Wildman–Crippen MR) is 81.6 cm³/mol. The second kappa shape index (κ2) is 5.43. The molecule has 0 aliphatic rings. The number of rotatable bonds is 1. The van der Waals surface area contributed by atoms with Crippen LogP contribution in [0.25, 0.3) is 22.0 Å². The molecule has 0 saturated heterocycles. The molecule has 3 aromatic rings. The fourth-order valence-corrected chi connectivity index (χ4v) is 2.21. The van der Waals surface area contributed by atoms with Crippen LogP contribution in [-0.4, -0.2) is 9.97 Å². The monoisotopic (exact) mass is 291 g/mol. The van der Waals surface area contributed by atoms with Crippen LogP contribution in [0.1, 0.15) is 0 Å². The molecule has 0 fully saturated rings. The number of benzene rings is 2. The van der Waals surface area contributed by atoms with E-state index in [1.165, 1.54) is 0 Å². The Morgan fingerprint density at radius 1 is 0.947 bits per heavy atom. The molecular weight excluding hydrogens is 281 g/mol. The van der Waals surface area contributed by atoms with Crippen LogP contribution in [0.2, 0.25) is 5.15 Å². The molecule has 0 radical (unpaired) electrons. The number of nitrogen functional groups attached to an aromatic ring is 1. The molecule has 0 amide bonds. The van der Waals surface area contributed by atoms with Crippen molar-refractivity contribution in [2.45, 2.75) is 0 Å². The van der Waals surface area contributed by atoms with Crippen LogP contribution >= 0.6 is 24.0 Å². The molecule has 2 aromatic carbocycles. The Morgan fingerprint density at radius 3 is 2.47 bits per heavy atom. The lowest BCUT2D eigenvalue weighted by Gasteiger charge is -2.06. The molecule has 3 nitrogen and oxygen atoms in total. The van der Waals surface area contributed by atoms with E-state index in [1.54, 1.807) is 6.07 Å². The molecule has 0 aliphatic carbocycles. The number of nitrogens with two attached hydrogens (primary N) is 1. The van der Waals surface area contributed by atoms with Crippen molar-refractivity contribution >= 4 is 40.7 Å². The lowest BCUT2D eigenvalue weighted by Crippen LogP contribution is -1.96. The fraction of sp³-hybridized carbons (Fsp3) is 0. The van der Waals surface area contributed by atoms with Crippen LogP contribution in [0.4, 0.5) is 5.95 Å². The van der Waals surface area contributed by atoms with E-state index in [2.05, 4.69) is 28.2 Å². The zero-order chi connectivity index (χ0) is 12.5. The van der Waals surface area contributed by atoms with Crippen LogP contribution in [0, 0.1) is 0 Å². The molecule has 1 heterocycles. The lowest BCUT2D eigenvalue weighted by atomic mass is 10.0. The summed E-state index contributed by atoms with van der Waals surface area (Å²) in [5, 5.41) is 2.63. The van der Waals surface area contributed by atoms with E-state index < -0.39 is 0 Å². The molecule has 96 valence electrons. The number of fused-ring (bicyclic) bond motifs is 1. The van der Waals surface area contributed by atoms with E-state index in [9.17, 15) is 0 Å². The van der Waals surface area contributed by atoms with E-state index in [0.29, 0.717) is 5.15 Å². The minimum Gasteiger partial charge on any atom is -0.368 e. The van der Waals surface area contributed by atoms with Gasteiger partial charge in [0.15, 0.2) is 0 Å². The number of hydrogen-bond acceptors (Lipinski definition) is 3. The summed E-state index contributed by atoms with van der Waals surface area (Å²) >= 11 is 5.92. The highest BCUT2D eigenvalue weighted by Gasteiger charge is 2.07. The van der Waals surface area contributed by atoms with Gasteiger partial charge < -0.3 is 5.73 Å². The van der Waals surface area contributed by atoms with Gasteiger partial charge in [-0.15, -0.1) is 12.4 Å². The highest BCUT2D eigenvalue weighted by molar-refractivity contribution is 6.29. The van der Waals surface area contributed by atoms with Crippen molar-refractivity contribution in [1.29, 1.82) is 0 Å². The Balaban J connectivity index is 0.00000133. The summed E-state index contributed by atoms with van der Waals surface area (Å²) < 4.78 is 0. The summed E-state index contributed by atoms with van der Waals surface area (Å²) in [6, 6.07) is 15.9. The number of nitrogens with zero attached hydrogens (tertiary/aromatic N) is 2. The first-order valence-corrected chi connectivity index (χ1v) is 5.90. The molecule has 19 heavy (non-hydrogen) atoms. The number of hydrogen-bond donors (Lipinski definition) is 1. The zero-order valence-corrected chi connectivity index (χ0v) is 11.4. The average molecular weight is 292 g/mol. The Bertz CT molecular complexity index is 703. The molecule has 3 rings (SSSR count). The van der Waals surface area contributed by atoms with Gasteiger partial charge in [0.05, 0.1) is 5.69 Å². The minimum absolute atomic E-state index is 0. The molecule has 1 aromatic heterocycles. The second-order valence-electron chi connectivity index (χ2n) is 3.96. The Kier molecular flexibility index (Phi) is 3.88. The van der Waals surface area contributed by atoms with Crippen molar-refractivity contribution in [3.05, 3.63) is 53.7 Å². The highest BCUT2D eigenvalue weighted by atomic mass is 35.5. The van der Waals surface area contributed by atoms with Gasteiger partial charge in [0.25, 0.3) is 0 Å². The van der Waals surface area contributed by atoms with Gasteiger partial charge in [0.1, 0.15) is 5.15 Å². The smallest absolute Gasteiger partial charge is 0.221 e. The number of halogens is 2. The third-order valence-corrected chi connectivity index (χ3v) is 2.97.